The van der Waals surface area contributed by atoms with Crippen molar-refractivity contribution in [1.82, 2.24) is 4.31 Å². The van der Waals surface area contributed by atoms with E-state index in [-0.39, 0.29) is 41.6 Å². The number of amides is 1. The largest absolute Gasteiger partial charge is 0.492 e. The summed E-state index contributed by atoms with van der Waals surface area (Å²) < 4.78 is 43.3. The van der Waals surface area contributed by atoms with Crippen LogP contribution in [-0.4, -0.2) is 45.1 Å². The molecule has 0 spiro atoms. The van der Waals surface area contributed by atoms with E-state index in [2.05, 4.69) is 5.32 Å². The summed E-state index contributed by atoms with van der Waals surface area (Å²) in [5.41, 5.74) is 0.619. The van der Waals surface area contributed by atoms with Gasteiger partial charge in [0.15, 0.2) is 11.5 Å². The maximum absolute atomic E-state index is 13.0. The molecule has 31 heavy (non-hydrogen) atoms. The lowest BCUT2D eigenvalue weighted by Gasteiger charge is -2.30. The Labute approximate surface area is 186 Å². The molecule has 8 nitrogen and oxygen atoms in total. The van der Waals surface area contributed by atoms with E-state index < -0.39 is 10.0 Å². The van der Waals surface area contributed by atoms with Crippen molar-refractivity contribution in [2.24, 2.45) is 5.92 Å². The average Bonchev–Trinajstić information content (AvgIpc) is 3.23. The van der Waals surface area contributed by atoms with Crippen LogP contribution in [0.15, 0.2) is 41.3 Å². The Morgan fingerprint density at radius 1 is 1.16 bits per heavy atom. The fourth-order valence-corrected chi connectivity index (χ4v) is 5.44. The molecular weight excluding hydrogens is 444 g/mol. The number of nitrogens with zero attached hydrogens (tertiary/aromatic N) is 1. The van der Waals surface area contributed by atoms with Crippen molar-refractivity contribution in [3.8, 4) is 17.2 Å². The molecule has 1 fully saturated rings. The number of ether oxygens (including phenoxy) is 3. The highest BCUT2D eigenvalue weighted by Gasteiger charge is 2.32. The van der Waals surface area contributed by atoms with Crippen molar-refractivity contribution < 1.29 is 27.4 Å². The van der Waals surface area contributed by atoms with Gasteiger partial charge in [0.1, 0.15) is 5.75 Å². The van der Waals surface area contributed by atoms with Crippen LogP contribution < -0.4 is 19.5 Å². The van der Waals surface area contributed by atoms with Gasteiger partial charge in [-0.15, -0.1) is 0 Å². The van der Waals surface area contributed by atoms with E-state index in [0.717, 1.165) is 0 Å². The third-order valence-corrected chi connectivity index (χ3v) is 7.50. The summed E-state index contributed by atoms with van der Waals surface area (Å²) in [5.74, 6) is 1.27. The summed E-state index contributed by atoms with van der Waals surface area (Å²) in [6.45, 7) is 2.94. The Morgan fingerprint density at radius 2 is 1.90 bits per heavy atom. The van der Waals surface area contributed by atoms with Crippen LogP contribution in [0.1, 0.15) is 19.8 Å². The first-order chi connectivity index (χ1) is 14.9. The Morgan fingerprint density at radius 3 is 2.61 bits per heavy atom. The number of rotatable bonds is 6. The zero-order valence-corrected chi connectivity index (χ0v) is 18.5. The average molecular weight is 467 g/mol. The van der Waals surface area contributed by atoms with Crippen molar-refractivity contribution in [3.63, 3.8) is 0 Å². The topological polar surface area (TPSA) is 94.2 Å². The third-order valence-electron chi connectivity index (χ3n) is 5.31. The molecule has 1 amide bonds. The molecule has 0 aliphatic carbocycles. The molecule has 10 heteroatoms. The van der Waals surface area contributed by atoms with Gasteiger partial charge < -0.3 is 19.5 Å². The minimum atomic E-state index is -3.70. The molecule has 4 rings (SSSR count). The van der Waals surface area contributed by atoms with E-state index in [0.29, 0.717) is 42.4 Å². The molecule has 0 aromatic heterocycles. The Hall–Kier alpha value is -2.49. The molecule has 0 atom stereocenters. The summed E-state index contributed by atoms with van der Waals surface area (Å²) in [6.07, 6.45) is 0.862. The quantitative estimate of drug-likeness (QED) is 0.700. The standard InChI is InChI=1S/C21H23ClN2O6S/c1-2-28-18-6-4-16(12-17(18)22)31(26,27)24-9-7-14(8-10-24)21(25)23-15-3-5-19-20(11-15)30-13-29-19/h3-6,11-12,14H,2,7-10,13H2,1H3,(H,23,25). The van der Waals surface area contributed by atoms with Crippen LogP contribution in [0.5, 0.6) is 17.2 Å². The Balaban J connectivity index is 1.37. The fraction of sp³-hybridized carbons (Fsp3) is 0.381. The van der Waals surface area contributed by atoms with E-state index in [9.17, 15) is 13.2 Å². The van der Waals surface area contributed by atoms with Gasteiger partial charge in [0, 0.05) is 30.8 Å². The summed E-state index contributed by atoms with van der Waals surface area (Å²) >= 11 is 6.15. The zero-order valence-electron chi connectivity index (χ0n) is 17.0. The van der Waals surface area contributed by atoms with Gasteiger partial charge in [0.25, 0.3) is 0 Å². The van der Waals surface area contributed by atoms with Crippen molar-refractivity contribution in [2.75, 3.05) is 31.8 Å². The van der Waals surface area contributed by atoms with Gasteiger partial charge in [-0.3, -0.25) is 4.79 Å². The normalized spacial score (nSPS) is 16.8. The highest BCUT2D eigenvalue weighted by atomic mass is 35.5. The predicted octanol–water partition coefficient (Wildman–Crippen LogP) is 3.51. The van der Waals surface area contributed by atoms with Gasteiger partial charge in [-0.1, -0.05) is 11.6 Å². The van der Waals surface area contributed by atoms with Crippen molar-refractivity contribution >= 4 is 33.2 Å². The van der Waals surface area contributed by atoms with Crippen molar-refractivity contribution in [1.29, 1.82) is 0 Å². The van der Waals surface area contributed by atoms with E-state index in [1.807, 2.05) is 6.92 Å². The molecule has 2 aromatic carbocycles. The number of halogens is 1. The van der Waals surface area contributed by atoms with Gasteiger partial charge in [-0.05, 0) is 50.1 Å². The minimum Gasteiger partial charge on any atom is -0.492 e. The van der Waals surface area contributed by atoms with Gasteiger partial charge >= 0.3 is 0 Å². The second-order valence-electron chi connectivity index (χ2n) is 7.26. The van der Waals surface area contributed by atoms with Crippen LogP contribution in [-0.2, 0) is 14.8 Å². The van der Waals surface area contributed by atoms with E-state index in [1.165, 1.54) is 16.4 Å². The number of hydrogen-bond acceptors (Lipinski definition) is 6. The molecule has 0 saturated carbocycles. The lowest BCUT2D eigenvalue weighted by atomic mass is 9.97. The second kappa shape index (κ2) is 8.94. The first-order valence-electron chi connectivity index (χ1n) is 10.0. The smallest absolute Gasteiger partial charge is 0.243 e. The molecule has 2 heterocycles. The third kappa shape index (κ3) is 4.58. The second-order valence-corrected chi connectivity index (χ2v) is 9.61. The van der Waals surface area contributed by atoms with Crippen LogP contribution in [0, 0.1) is 5.92 Å². The Bertz CT molecular complexity index is 1080. The van der Waals surface area contributed by atoms with Gasteiger partial charge in [0.2, 0.25) is 22.7 Å². The summed E-state index contributed by atoms with van der Waals surface area (Å²) in [4.78, 5) is 12.8. The molecule has 1 saturated heterocycles. The summed E-state index contributed by atoms with van der Waals surface area (Å²) in [5, 5.41) is 3.13. The van der Waals surface area contributed by atoms with Gasteiger partial charge in [-0.25, -0.2) is 8.42 Å². The van der Waals surface area contributed by atoms with Crippen LogP contribution in [0.3, 0.4) is 0 Å². The number of carbonyl (C=O) groups is 1. The van der Waals surface area contributed by atoms with Crippen LogP contribution >= 0.6 is 11.6 Å². The summed E-state index contributed by atoms with van der Waals surface area (Å²) in [6, 6.07) is 9.67. The molecule has 0 radical (unpaired) electrons. The van der Waals surface area contributed by atoms with Crippen LogP contribution in [0.25, 0.3) is 0 Å². The SMILES string of the molecule is CCOc1ccc(S(=O)(=O)N2CCC(C(=O)Nc3ccc4c(c3)OCO4)CC2)cc1Cl. The molecule has 2 aliphatic heterocycles. The number of nitrogens with one attached hydrogen (secondary N) is 1. The first-order valence-corrected chi connectivity index (χ1v) is 11.8. The predicted molar refractivity (Wildman–Crippen MR) is 115 cm³/mol. The number of carbonyl (C=O) groups excluding carboxylic acids is 1. The van der Waals surface area contributed by atoms with E-state index >= 15 is 0 Å². The van der Waals surface area contributed by atoms with Crippen LogP contribution in [0.4, 0.5) is 5.69 Å². The zero-order chi connectivity index (χ0) is 22.0. The molecule has 2 aromatic rings. The summed E-state index contributed by atoms with van der Waals surface area (Å²) in [7, 11) is -3.70. The highest BCUT2D eigenvalue weighted by molar-refractivity contribution is 7.89. The Kier molecular flexibility index (Phi) is 6.27. The van der Waals surface area contributed by atoms with Crippen molar-refractivity contribution in [2.45, 2.75) is 24.7 Å². The molecule has 2 aliphatic rings. The molecule has 1 N–H and O–H groups in total. The fourth-order valence-electron chi connectivity index (χ4n) is 3.64. The van der Waals surface area contributed by atoms with Gasteiger partial charge in [-0.2, -0.15) is 4.31 Å². The number of fused-ring (bicyclic) bond motifs is 1. The number of hydrogen-bond donors (Lipinski definition) is 1. The monoisotopic (exact) mass is 466 g/mol. The number of sulfonamides is 1. The maximum atomic E-state index is 13.0. The van der Waals surface area contributed by atoms with E-state index in [4.69, 9.17) is 25.8 Å². The number of benzene rings is 2. The number of piperidine rings is 1. The van der Waals surface area contributed by atoms with Crippen molar-refractivity contribution in [3.05, 3.63) is 41.4 Å². The van der Waals surface area contributed by atoms with Gasteiger partial charge in [0.05, 0.1) is 16.5 Å². The highest BCUT2D eigenvalue weighted by Crippen LogP contribution is 2.35. The molecular formula is C21H23ClN2O6S. The lowest BCUT2D eigenvalue weighted by molar-refractivity contribution is -0.120. The first kappa shape index (κ1) is 21.7. The maximum Gasteiger partial charge on any atom is 0.243 e. The molecule has 0 bridgehead atoms. The lowest BCUT2D eigenvalue weighted by Crippen LogP contribution is -2.41. The molecule has 166 valence electrons. The van der Waals surface area contributed by atoms with E-state index in [1.54, 1.807) is 24.3 Å². The minimum absolute atomic E-state index is 0.115. The molecule has 0 unspecified atom stereocenters. The van der Waals surface area contributed by atoms with Crippen LogP contribution in [0.2, 0.25) is 5.02 Å². The number of anilines is 1.